The minimum atomic E-state index is -0.937. The van der Waals surface area contributed by atoms with Crippen molar-refractivity contribution in [1.29, 1.82) is 0 Å². The molecule has 0 radical (unpaired) electrons. The van der Waals surface area contributed by atoms with E-state index in [2.05, 4.69) is 16.0 Å². The largest absolute Gasteiger partial charge is 0.453 e. The van der Waals surface area contributed by atoms with Gasteiger partial charge in [-0.2, -0.15) is 0 Å². The second-order valence-electron chi connectivity index (χ2n) is 12.5. The number of nitrogens with one attached hydrogen (secondary N) is 3. The van der Waals surface area contributed by atoms with Crippen molar-refractivity contribution in [3.05, 3.63) is 0 Å². The molecule has 0 aromatic carbocycles. The number of carbonyl (C=O) groups is 5. The number of nitrogens with zero attached hydrogens (tertiary/aromatic N) is 1. The average molecular weight is 535 g/mol. The zero-order valence-electron chi connectivity index (χ0n) is 23.7. The van der Waals surface area contributed by atoms with E-state index in [1.54, 1.807) is 4.90 Å². The average Bonchev–Trinajstić information content (AvgIpc) is 3.62. The summed E-state index contributed by atoms with van der Waals surface area (Å²) in [6.07, 6.45) is 8.43. The van der Waals surface area contributed by atoms with Crippen molar-refractivity contribution in [3.8, 4) is 0 Å². The van der Waals surface area contributed by atoms with E-state index in [0.717, 1.165) is 51.4 Å². The number of amides is 4. The maximum Gasteiger partial charge on any atom is 0.407 e. The number of likely N-dealkylation sites (tertiary alicyclic amines) is 1. The summed E-state index contributed by atoms with van der Waals surface area (Å²) in [6, 6.07) is -2.58. The van der Waals surface area contributed by atoms with Gasteiger partial charge in [-0.1, -0.05) is 59.8 Å². The maximum absolute atomic E-state index is 14.0. The molecule has 1 aliphatic heterocycles. The summed E-state index contributed by atoms with van der Waals surface area (Å²) in [7, 11) is 1.25. The lowest BCUT2D eigenvalue weighted by Crippen LogP contribution is -2.59. The summed E-state index contributed by atoms with van der Waals surface area (Å²) in [5, 5.41) is 8.24. The number of unbranched alkanes of at least 4 members (excludes halogenated alkanes) is 1. The zero-order valence-corrected chi connectivity index (χ0v) is 23.7. The predicted octanol–water partition coefficient (Wildman–Crippen LogP) is 2.83. The van der Waals surface area contributed by atoms with Crippen molar-refractivity contribution in [2.45, 2.75) is 122 Å². The highest BCUT2D eigenvalue weighted by atomic mass is 16.5. The van der Waals surface area contributed by atoms with E-state index in [0.29, 0.717) is 25.8 Å². The Bertz CT molecular complexity index is 904. The van der Waals surface area contributed by atoms with Gasteiger partial charge in [0.05, 0.1) is 13.2 Å². The normalized spacial score (nSPS) is 22.3. The number of rotatable bonds is 10. The molecule has 3 rings (SSSR count). The number of ketones is 1. The van der Waals surface area contributed by atoms with Crippen LogP contribution in [-0.2, 0) is 23.9 Å². The van der Waals surface area contributed by atoms with E-state index in [-0.39, 0.29) is 17.4 Å². The lowest BCUT2D eigenvalue weighted by atomic mass is 9.72. The molecule has 0 aromatic rings. The minimum Gasteiger partial charge on any atom is -0.453 e. The highest BCUT2D eigenvalue weighted by Crippen LogP contribution is 2.47. The fraction of sp³-hybridized carbons (Fsp3) is 0.821. The number of hydrogen-bond acceptors (Lipinski definition) is 6. The molecule has 4 amide bonds. The Hall–Kier alpha value is -2.65. The van der Waals surface area contributed by atoms with Gasteiger partial charge in [0, 0.05) is 12.6 Å². The third-order valence-corrected chi connectivity index (χ3v) is 8.18. The molecule has 0 bridgehead atoms. The fourth-order valence-electron chi connectivity index (χ4n) is 5.76. The van der Waals surface area contributed by atoms with Crippen LogP contribution in [0.25, 0.3) is 0 Å². The van der Waals surface area contributed by atoms with Gasteiger partial charge in [-0.05, 0) is 49.4 Å². The summed E-state index contributed by atoms with van der Waals surface area (Å²) in [5.74, 6) is -2.05. The molecule has 3 N–H and O–H groups in total. The van der Waals surface area contributed by atoms with Crippen molar-refractivity contribution in [2.75, 3.05) is 13.7 Å². The summed E-state index contributed by atoms with van der Waals surface area (Å²) >= 11 is 0. The Labute approximate surface area is 226 Å². The quantitative estimate of drug-likeness (QED) is 0.369. The van der Waals surface area contributed by atoms with Gasteiger partial charge in [0.15, 0.2) is 0 Å². The van der Waals surface area contributed by atoms with Crippen LogP contribution in [0.1, 0.15) is 98.3 Å². The second kappa shape index (κ2) is 12.5. The molecule has 3 atom stereocenters. The molecule has 0 aromatic heterocycles. The van der Waals surface area contributed by atoms with Gasteiger partial charge in [0.2, 0.25) is 17.6 Å². The van der Waals surface area contributed by atoms with Crippen molar-refractivity contribution in [3.63, 3.8) is 0 Å². The summed E-state index contributed by atoms with van der Waals surface area (Å²) in [5.41, 5.74) is -0.801. The molecule has 1 heterocycles. The fourth-order valence-corrected chi connectivity index (χ4v) is 5.76. The smallest absolute Gasteiger partial charge is 0.407 e. The van der Waals surface area contributed by atoms with E-state index < -0.39 is 47.2 Å². The molecule has 10 heteroatoms. The van der Waals surface area contributed by atoms with Crippen LogP contribution in [0.4, 0.5) is 4.79 Å². The molecule has 1 saturated heterocycles. The van der Waals surface area contributed by atoms with Gasteiger partial charge >= 0.3 is 6.09 Å². The highest BCUT2D eigenvalue weighted by molar-refractivity contribution is 6.38. The Kier molecular flexibility index (Phi) is 9.81. The standard InChI is InChI=1S/C28H46N4O6/c1-6-7-11-19(21(33)24(35)29-18-12-13-18)30-23(34)20-16-28(14-9-8-10-15-28)17-32(20)25(36)22(27(2,3)4)31-26(37)38-5/h18-20,22H,6-17H2,1-5H3,(H,29,35)(H,30,34)(H,31,37)/t19-,20-,22+/m0/s1. The molecule has 3 aliphatic rings. The lowest BCUT2D eigenvalue weighted by Gasteiger charge is -2.36. The van der Waals surface area contributed by atoms with Crippen LogP contribution in [0, 0.1) is 10.8 Å². The third-order valence-electron chi connectivity index (χ3n) is 8.18. The van der Waals surface area contributed by atoms with E-state index in [9.17, 15) is 24.0 Å². The first-order valence-corrected chi connectivity index (χ1v) is 14.2. The van der Waals surface area contributed by atoms with Crippen molar-refractivity contribution in [2.24, 2.45) is 10.8 Å². The van der Waals surface area contributed by atoms with Crippen LogP contribution in [-0.4, -0.2) is 72.3 Å². The summed E-state index contributed by atoms with van der Waals surface area (Å²) in [4.78, 5) is 66.9. The second-order valence-corrected chi connectivity index (χ2v) is 12.5. The monoisotopic (exact) mass is 534 g/mol. The van der Waals surface area contributed by atoms with E-state index in [1.807, 2.05) is 27.7 Å². The Balaban J connectivity index is 1.84. The number of alkyl carbamates (subject to hydrolysis) is 1. The van der Waals surface area contributed by atoms with Gasteiger partial charge in [-0.15, -0.1) is 0 Å². The van der Waals surface area contributed by atoms with E-state index in [4.69, 9.17) is 4.74 Å². The lowest BCUT2D eigenvalue weighted by molar-refractivity contribution is -0.144. The van der Waals surface area contributed by atoms with Gasteiger partial charge < -0.3 is 25.6 Å². The van der Waals surface area contributed by atoms with Gasteiger partial charge in [0.25, 0.3) is 5.91 Å². The minimum absolute atomic E-state index is 0.0414. The van der Waals surface area contributed by atoms with Crippen LogP contribution in [0.15, 0.2) is 0 Å². The SMILES string of the molecule is CCCC[C@H](NC(=O)[C@@H]1CC2(CCCCC2)CN1C(=O)[C@@H](NC(=O)OC)C(C)(C)C)C(=O)C(=O)NC1CC1. The predicted molar refractivity (Wildman–Crippen MR) is 142 cm³/mol. The molecule has 2 aliphatic carbocycles. The molecule has 0 unspecified atom stereocenters. The Morgan fingerprint density at radius 2 is 1.68 bits per heavy atom. The van der Waals surface area contributed by atoms with Crippen molar-refractivity contribution in [1.82, 2.24) is 20.9 Å². The Morgan fingerprint density at radius 3 is 2.24 bits per heavy atom. The number of methoxy groups -OCH3 is 1. The Morgan fingerprint density at radius 1 is 1.03 bits per heavy atom. The van der Waals surface area contributed by atoms with Crippen molar-refractivity contribution < 1.29 is 28.7 Å². The number of ether oxygens (including phenoxy) is 1. The van der Waals surface area contributed by atoms with Crippen molar-refractivity contribution >= 4 is 29.6 Å². The van der Waals surface area contributed by atoms with E-state index >= 15 is 0 Å². The van der Waals surface area contributed by atoms with Gasteiger partial charge in [0.1, 0.15) is 12.1 Å². The third kappa shape index (κ3) is 7.47. The summed E-state index contributed by atoms with van der Waals surface area (Å²) in [6.45, 7) is 7.97. The van der Waals surface area contributed by atoms with Gasteiger partial charge in [-0.3, -0.25) is 19.2 Å². The number of Topliss-reactive ketones (excluding diaryl/α,β-unsaturated/α-hetero) is 1. The molecular formula is C28H46N4O6. The molecule has 214 valence electrons. The molecule has 1 spiro atoms. The van der Waals surface area contributed by atoms with Crippen LogP contribution < -0.4 is 16.0 Å². The van der Waals surface area contributed by atoms with E-state index in [1.165, 1.54) is 7.11 Å². The number of hydrogen-bond donors (Lipinski definition) is 3. The maximum atomic E-state index is 14.0. The number of carbonyl (C=O) groups excluding carboxylic acids is 5. The molecule has 3 fully saturated rings. The zero-order chi connectivity index (χ0) is 28.1. The van der Waals surface area contributed by atoms with Crippen LogP contribution in [0.2, 0.25) is 0 Å². The first-order valence-electron chi connectivity index (χ1n) is 14.2. The van der Waals surface area contributed by atoms with Crippen LogP contribution in [0.3, 0.4) is 0 Å². The topological polar surface area (TPSA) is 134 Å². The van der Waals surface area contributed by atoms with Crippen LogP contribution >= 0.6 is 0 Å². The van der Waals surface area contributed by atoms with Gasteiger partial charge in [-0.25, -0.2) is 4.79 Å². The first kappa shape index (κ1) is 29.9. The molecule has 10 nitrogen and oxygen atoms in total. The van der Waals surface area contributed by atoms with Crippen LogP contribution in [0.5, 0.6) is 0 Å². The highest BCUT2D eigenvalue weighted by Gasteiger charge is 2.51. The molecular weight excluding hydrogens is 488 g/mol. The molecule has 38 heavy (non-hydrogen) atoms. The molecule has 2 saturated carbocycles. The first-order chi connectivity index (χ1) is 17.9. The summed E-state index contributed by atoms with van der Waals surface area (Å²) < 4.78 is 4.77.